The third-order valence-electron chi connectivity index (χ3n) is 3.44. The second-order valence-electron chi connectivity index (χ2n) is 5.79. The quantitative estimate of drug-likeness (QED) is 0.439. The summed E-state index contributed by atoms with van der Waals surface area (Å²) >= 11 is 6.77. The van der Waals surface area contributed by atoms with Crippen LogP contribution in [0.5, 0.6) is 5.75 Å². The molecule has 2 amide bonds. The molecule has 2 aromatic carbocycles. The number of para-hydroxylation sites is 1. The zero-order chi connectivity index (χ0) is 19.8. The van der Waals surface area contributed by atoms with E-state index in [1.807, 2.05) is 37.3 Å². The van der Waals surface area contributed by atoms with Crippen molar-refractivity contribution in [2.75, 3.05) is 11.9 Å². The number of benzene rings is 2. The van der Waals surface area contributed by atoms with Gasteiger partial charge in [0.1, 0.15) is 5.75 Å². The summed E-state index contributed by atoms with van der Waals surface area (Å²) in [5.41, 5.74) is 4.55. The van der Waals surface area contributed by atoms with Gasteiger partial charge in [-0.2, -0.15) is 5.10 Å². The van der Waals surface area contributed by atoms with Crippen molar-refractivity contribution >= 4 is 55.1 Å². The summed E-state index contributed by atoms with van der Waals surface area (Å²) in [6, 6.07) is 12.8. The van der Waals surface area contributed by atoms with Gasteiger partial charge < -0.3 is 10.1 Å². The maximum absolute atomic E-state index is 12.0. The monoisotopic (exact) mass is 495 g/mol. The normalized spacial score (nSPS) is 11.0. The van der Waals surface area contributed by atoms with Crippen LogP contribution in [0.2, 0.25) is 0 Å². The number of carbonyl (C=O) groups excluding carboxylic acids is 2. The molecule has 142 valence electrons. The van der Waals surface area contributed by atoms with Crippen LogP contribution in [-0.2, 0) is 9.59 Å². The Morgan fingerprint density at radius 2 is 1.81 bits per heavy atom. The van der Waals surface area contributed by atoms with Crippen molar-refractivity contribution in [1.29, 1.82) is 0 Å². The molecule has 0 spiro atoms. The van der Waals surface area contributed by atoms with Crippen molar-refractivity contribution in [1.82, 2.24) is 5.43 Å². The van der Waals surface area contributed by atoms with Crippen molar-refractivity contribution < 1.29 is 14.3 Å². The van der Waals surface area contributed by atoms with Crippen LogP contribution in [0.15, 0.2) is 56.5 Å². The van der Waals surface area contributed by atoms with Crippen molar-refractivity contribution in [3.8, 4) is 5.75 Å². The van der Waals surface area contributed by atoms with Crippen molar-refractivity contribution in [3.05, 3.63) is 57.0 Å². The molecule has 0 aromatic heterocycles. The van der Waals surface area contributed by atoms with Gasteiger partial charge in [0.05, 0.1) is 12.1 Å². The molecule has 6 nitrogen and oxygen atoms in total. The summed E-state index contributed by atoms with van der Waals surface area (Å²) in [5.74, 6) is -0.0283. The molecule has 2 aromatic rings. The standard InChI is InChI=1S/C19H19Br2N3O3/c1-12-9-14(7-8-15(12)20)27-11-19(26)24-23-13(2)10-18(25)22-17-6-4-3-5-16(17)21/h3-9H,10-11H2,1-2H3,(H,22,25)(H,24,26). The number of nitrogens with one attached hydrogen (secondary N) is 2. The number of ether oxygens (including phenoxy) is 1. The summed E-state index contributed by atoms with van der Waals surface area (Å²) in [5, 5.41) is 6.71. The van der Waals surface area contributed by atoms with Gasteiger partial charge in [-0.1, -0.05) is 28.1 Å². The van der Waals surface area contributed by atoms with Gasteiger partial charge in [-0.25, -0.2) is 5.43 Å². The van der Waals surface area contributed by atoms with E-state index in [1.54, 1.807) is 19.1 Å². The van der Waals surface area contributed by atoms with Crippen LogP contribution in [-0.4, -0.2) is 24.1 Å². The van der Waals surface area contributed by atoms with Crippen molar-refractivity contribution in [2.45, 2.75) is 20.3 Å². The fourth-order valence-corrected chi connectivity index (χ4v) is 2.71. The molecule has 0 aliphatic rings. The predicted octanol–water partition coefficient (Wildman–Crippen LogP) is 4.42. The number of hydrogen-bond donors (Lipinski definition) is 2. The van der Waals surface area contributed by atoms with Gasteiger partial charge in [-0.3, -0.25) is 9.59 Å². The zero-order valence-corrected chi connectivity index (χ0v) is 18.1. The highest BCUT2D eigenvalue weighted by Gasteiger charge is 2.08. The topological polar surface area (TPSA) is 79.8 Å². The van der Waals surface area contributed by atoms with Crippen LogP contribution in [0.3, 0.4) is 0 Å². The number of halogens is 2. The molecule has 0 radical (unpaired) electrons. The van der Waals surface area contributed by atoms with E-state index in [2.05, 4.69) is 47.7 Å². The largest absolute Gasteiger partial charge is 0.484 e. The Labute approximate surface area is 174 Å². The molecule has 8 heteroatoms. The summed E-state index contributed by atoms with van der Waals surface area (Å²) in [4.78, 5) is 23.9. The number of amides is 2. The third-order valence-corrected chi connectivity index (χ3v) is 5.02. The maximum Gasteiger partial charge on any atom is 0.277 e. The molecular formula is C19H19Br2N3O3. The van der Waals surface area contributed by atoms with E-state index in [9.17, 15) is 9.59 Å². The number of hydrogen-bond acceptors (Lipinski definition) is 4. The molecule has 2 N–H and O–H groups in total. The molecule has 27 heavy (non-hydrogen) atoms. The molecule has 0 heterocycles. The minimum absolute atomic E-state index is 0.0639. The molecular weight excluding hydrogens is 478 g/mol. The number of anilines is 1. The second kappa shape index (κ2) is 10.2. The summed E-state index contributed by atoms with van der Waals surface area (Å²) < 4.78 is 7.19. The molecule has 0 saturated carbocycles. The molecule has 0 aliphatic heterocycles. The number of hydrazone groups is 1. The zero-order valence-electron chi connectivity index (χ0n) is 14.9. The Bertz CT molecular complexity index is 869. The number of rotatable bonds is 7. The fraction of sp³-hybridized carbons (Fsp3) is 0.211. The maximum atomic E-state index is 12.0. The van der Waals surface area contributed by atoms with Gasteiger partial charge in [0.2, 0.25) is 5.91 Å². The Morgan fingerprint density at radius 1 is 1.07 bits per heavy atom. The Kier molecular flexibility index (Phi) is 7.99. The molecule has 0 bridgehead atoms. The molecule has 0 aliphatic carbocycles. The summed E-state index contributed by atoms with van der Waals surface area (Å²) in [6.45, 7) is 3.43. The first-order valence-electron chi connectivity index (χ1n) is 8.10. The average Bonchev–Trinajstić information content (AvgIpc) is 2.63. The smallest absolute Gasteiger partial charge is 0.277 e. The average molecular weight is 497 g/mol. The van der Waals surface area contributed by atoms with E-state index < -0.39 is 5.91 Å². The predicted molar refractivity (Wildman–Crippen MR) is 113 cm³/mol. The number of carbonyl (C=O) groups is 2. The lowest BCUT2D eigenvalue weighted by Crippen LogP contribution is -2.26. The van der Waals surface area contributed by atoms with Gasteiger partial charge in [-0.05, 0) is 65.7 Å². The van der Waals surface area contributed by atoms with Crippen molar-refractivity contribution in [3.63, 3.8) is 0 Å². The van der Waals surface area contributed by atoms with E-state index in [0.717, 1.165) is 14.5 Å². The van der Waals surface area contributed by atoms with Crippen LogP contribution in [0, 0.1) is 6.92 Å². The van der Waals surface area contributed by atoms with E-state index in [0.29, 0.717) is 17.1 Å². The number of aryl methyl sites for hydroxylation is 1. The molecule has 0 fully saturated rings. The number of nitrogens with zero attached hydrogens (tertiary/aromatic N) is 1. The molecule has 0 unspecified atom stereocenters. The fourth-order valence-electron chi connectivity index (χ4n) is 2.07. The minimum atomic E-state index is -0.402. The van der Waals surface area contributed by atoms with Crippen LogP contribution >= 0.6 is 31.9 Å². The molecule has 0 saturated heterocycles. The van der Waals surface area contributed by atoms with Crippen LogP contribution < -0.4 is 15.5 Å². The van der Waals surface area contributed by atoms with Crippen molar-refractivity contribution in [2.24, 2.45) is 5.10 Å². The first-order valence-corrected chi connectivity index (χ1v) is 9.69. The summed E-state index contributed by atoms with van der Waals surface area (Å²) in [6.07, 6.45) is 0.0639. The Morgan fingerprint density at radius 3 is 2.52 bits per heavy atom. The van der Waals surface area contributed by atoms with Gasteiger partial charge in [0.25, 0.3) is 5.91 Å². The first-order chi connectivity index (χ1) is 12.8. The Hall–Kier alpha value is -2.19. The van der Waals surface area contributed by atoms with Gasteiger partial charge in [0, 0.05) is 14.7 Å². The van der Waals surface area contributed by atoms with Crippen LogP contribution in [0.25, 0.3) is 0 Å². The highest BCUT2D eigenvalue weighted by atomic mass is 79.9. The second-order valence-corrected chi connectivity index (χ2v) is 7.50. The molecule has 2 rings (SSSR count). The minimum Gasteiger partial charge on any atom is -0.484 e. The van der Waals surface area contributed by atoms with Crippen LogP contribution in [0.1, 0.15) is 18.9 Å². The highest BCUT2D eigenvalue weighted by Crippen LogP contribution is 2.22. The lowest BCUT2D eigenvalue weighted by Gasteiger charge is -2.08. The van der Waals surface area contributed by atoms with E-state index >= 15 is 0 Å². The van der Waals surface area contributed by atoms with Crippen LogP contribution in [0.4, 0.5) is 5.69 Å². The van der Waals surface area contributed by atoms with Gasteiger partial charge in [-0.15, -0.1) is 0 Å². The highest BCUT2D eigenvalue weighted by molar-refractivity contribution is 9.10. The SMILES string of the molecule is CC(CC(=O)Nc1ccccc1Br)=NNC(=O)COc1ccc(Br)c(C)c1. The lowest BCUT2D eigenvalue weighted by atomic mass is 10.2. The third kappa shape index (κ3) is 7.15. The molecule has 0 atom stereocenters. The Balaban J connectivity index is 1.78. The van der Waals surface area contributed by atoms with Gasteiger partial charge >= 0.3 is 0 Å². The van der Waals surface area contributed by atoms with E-state index in [1.165, 1.54) is 0 Å². The van der Waals surface area contributed by atoms with E-state index in [4.69, 9.17) is 4.74 Å². The van der Waals surface area contributed by atoms with E-state index in [-0.39, 0.29) is 18.9 Å². The lowest BCUT2D eigenvalue weighted by molar-refractivity contribution is -0.123. The first kappa shape index (κ1) is 21.1. The van der Waals surface area contributed by atoms with Gasteiger partial charge in [0.15, 0.2) is 6.61 Å². The summed E-state index contributed by atoms with van der Waals surface area (Å²) in [7, 11) is 0.